The van der Waals surface area contributed by atoms with Crippen molar-refractivity contribution in [1.29, 1.82) is 0 Å². The average molecular weight is 340 g/mol. The Labute approximate surface area is 123 Å². The summed E-state index contributed by atoms with van der Waals surface area (Å²) in [5, 5.41) is 2.75. The summed E-state index contributed by atoms with van der Waals surface area (Å²) >= 11 is 3.24. The van der Waals surface area contributed by atoms with Crippen LogP contribution in [0.25, 0.3) is 0 Å². The quantitative estimate of drug-likeness (QED) is 0.840. The van der Waals surface area contributed by atoms with E-state index in [0.29, 0.717) is 10.2 Å². The van der Waals surface area contributed by atoms with Gasteiger partial charge < -0.3 is 15.8 Å². The number of esters is 1. The van der Waals surface area contributed by atoms with Crippen molar-refractivity contribution in [3.63, 3.8) is 0 Å². The maximum Gasteiger partial charge on any atom is 0.341 e. The van der Waals surface area contributed by atoms with E-state index in [1.54, 1.807) is 6.07 Å². The zero-order chi connectivity index (χ0) is 14.7. The molecule has 0 atom stereocenters. The molecule has 0 bridgehead atoms. The van der Waals surface area contributed by atoms with Crippen molar-refractivity contribution in [1.82, 2.24) is 4.98 Å². The fraction of sp³-hybridized carbons (Fsp3) is 0.0769. The SMILES string of the molecule is COC(=O)c1cc(N)cnc1Nc1cc(Br)ccc1F. The fourth-order valence-electron chi connectivity index (χ4n) is 1.57. The first-order valence-electron chi connectivity index (χ1n) is 5.57. The van der Waals surface area contributed by atoms with Gasteiger partial charge in [0.05, 0.1) is 24.7 Å². The predicted molar refractivity (Wildman–Crippen MR) is 77.4 cm³/mol. The third-order valence-electron chi connectivity index (χ3n) is 2.50. The molecule has 0 unspecified atom stereocenters. The lowest BCUT2D eigenvalue weighted by atomic mass is 10.2. The van der Waals surface area contributed by atoms with Crippen molar-refractivity contribution in [2.24, 2.45) is 0 Å². The van der Waals surface area contributed by atoms with E-state index in [0.717, 1.165) is 0 Å². The summed E-state index contributed by atoms with van der Waals surface area (Å²) in [5.41, 5.74) is 6.21. The van der Waals surface area contributed by atoms with E-state index in [1.807, 2.05) is 0 Å². The third-order valence-corrected chi connectivity index (χ3v) is 2.99. The molecule has 2 rings (SSSR count). The molecule has 0 aliphatic heterocycles. The predicted octanol–water partition coefficient (Wildman–Crippen LogP) is 3.10. The maximum atomic E-state index is 13.7. The highest BCUT2D eigenvalue weighted by Crippen LogP contribution is 2.25. The van der Waals surface area contributed by atoms with Crippen LogP contribution in [0, 0.1) is 5.82 Å². The number of hydrogen-bond acceptors (Lipinski definition) is 5. The molecule has 2 aromatic rings. The maximum absolute atomic E-state index is 13.7. The minimum atomic E-state index is -0.609. The van der Waals surface area contributed by atoms with E-state index < -0.39 is 11.8 Å². The number of methoxy groups -OCH3 is 1. The van der Waals surface area contributed by atoms with Gasteiger partial charge in [0.15, 0.2) is 0 Å². The minimum absolute atomic E-state index is 0.131. The zero-order valence-electron chi connectivity index (χ0n) is 10.5. The number of carbonyl (C=O) groups is 1. The number of nitrogens with two attached hydrogens (primary N) is 1. The molecule has 104 valence electrons. The molecule has 0 aliphatic rings. The summed E-state index contributed by atoms with van der Waals surface area (Å²) in [5.74, 6) is -0.909. The van der Waals surface area contributed by atoms with Crippen LogP contribution < -0.4 is 11.1 Å². The van der Waals surface area contributed by atoms with Crippen molar-refractivity contribution >= 4 is 39.1 Å². The topological polar surface area (TPSA) is 77.2 Å². The monoisotopic (exact) mass is 339 g/mol. The van der Waals surface area contributed by atoms with E-state index in [1.165, 1.54) is 31.5 Å². The standard InChI is InChI=1S/C13H11BrFN3O2/c1-20-13(19)9-5-8(16)6-17-12(9)18-11-4-7(14)2-3-10(11)15/h2-6H,16H2,1H3,(H,17,18). The van der Waals surface area contributed by atoms with Crippen LogP contribution in [0.1, 0.15) is 10.4 Å². The first-order valence-corrected chi connectivity index (χ1v) is 6.36. The van der Waals surface area contributed by atoms with Gasteiger partial charge >= 0.3 is 5.97 Å². The zero-order valence-corrected chi connectivity index (χ0v) is 12.1. The lowest BCUT2D eigenvalue weighted by Crippen LogP contribution is -2.09. The molecule has 0 aliphatic carbocycles. The van der Waals surface area contributed by atoms with Gasteiger partial charge in [-0.05, 0) is 24.3 Å². The number of halogens is 2. The normalized spacial score (nSPS) is 10.2. The Balaban J connectivity index is 2.43. The summed E-state index contributed by atoms with van der Waals surface area (Å²) in [6.45, 7) is 0. The number of nitrogens with zero attached hydrogens (tertiary/aromatic N) is 1. The second-order valence-electron chi connectivity index (χ2n) is 3.91. The molecule has 7 heteroatoms. The van der Waals surface area contributed by atoms with Gasteiger partial charge in [0.1, 0.15) is 17.2 Å². The van der Waals surface area contributed by atoms with Crippen LogP contribution in [-0.2, 0) is 4.74 Å². The van der Waals surface area contributed by atoms with Crippen molar-refractivity contribution < 1.29 is 13.9 Å². The Kier molecular flexibility index (Phi) is 4.19. The summed E-state index contributed by atoms with van der Waals surface area (Å²) in [7, 11) is 1.25. The molecule has 1 aromatic heterocycles. The molecular weight excluding hydrogens is 329 g/mol. The Morgan fingerprint density at radius 2 is 2.20 bits per heavy atom. The van der Waals surface area contributed by atoms with Gasteiger partial charge in [-0.3, -0.25) is 0 Å². The molecule has 1 heterocycles. The van der Waals surface area contributed by atoms with Gasteiger partial charge in [-0.15, -0.1) is 0 Å². The Bertz CT molecular complexity index is 664. The average Bonchev–Trinajstić information content (AvgIpc) is 2.43. The van der Waals surface area contributed by atoms with Crippen LogP contribution in [0.4, 0.5) is 21.6 Å². The molecule has 3 N–H and O–H groups in total. The molecular formula is C13H11BrFN3O2. The number of nitrogen functional groups attached to an aromatic ring is 1. The second-order valence-corrected chi connectivity index (χ2v) is 4.82. The van der Waals surface area contributed by atoms with Gasteiger partial charge in [0.2, 0.25) is 0 Å². The van der Waals surface area contributed by atoms with Crippen LogP contribution in [0.5, 0.6) is 0 Å². The van der Waals surface area contributed by atoms with Crippen LogP contribution in [0.3, 0.4) is 0 Å². The van der Waals surface area contributed by atoms with Gasteiger partial charge in [-0.2, -0.15) is 0 Å². The Morgan fingerprint density at radius 3 is 2.90 bits per heavy atom. The number of pyridine rings is 1. The smallest absolute Gasteiger partial charge is 0.341 e. The van der Waals surface area contributed by atoms with E-state index in [2.05, 4.69) is 31.0 Å². The molecule has 0 spiro atoms. The second kappa shape index (κ2) is 5.87. The molecule has 5 nitrogen and oxygen atoms in total. The largest absolute Gasteiger partial charge is 0.465 e. The highest BCUT2D eigenvalue weighted by atomic mass is 79.9. The van der Waals surface area contributed by atoms with Gasteiger partial charge in [0, 0.05) is 4.47 Å². The molecule has 0 radical (unpaired) electrons. The number of anilines is 3. The number of nitrogens with one attached hydrogen (secondary N) is 1. The van der Waals surface area contributed by atoms with E-state index in [-0.39, 0.29) is 17.1 Å². The molecule has 1 aromatic carbocycles. The van der Waals surface area contributed by atoms with Crippen molar-refractivity contribution in [2.75, 3.05) is 18.2 Å². The first kappa shape index (κ1) is 14.3. The summed E-state index contributed by atoms with van der Waals surface area (Å²) < 4.78 is 19.0. The number of carbonyl (C=O) groups excluding carboxylic acids is 1. The van der Waals surface area contributed by atoms with Crippen LogP contribution >= 0.6 is 15.9 Å². The summed E-state index contributed by atoms with van der Waals surface area (Å²) in [4.78, 5) is 15.7. The molecule has 0 amide bonds. The van der Waals surface area contributed by atoms with E-state index in [9.17, 15) is 9.18 Å². The first-order chi connectivity index (χ1) is 9.51. The number of hydrogen-bond donors (Lipinski definition) is 2. The summed E-state index contributed by atoms with van der Waals surface area (Å²) in [6.07, 6.45) is 1.37. The number of rotatable bonds is 3. The third kappa shape index (κ3) is 3.05. The Morgan fingerprint density at radius 1 is 1.45 bits per heavy atom. The number of benzene rings is 1. The number of ether oxygens (including phenoxy) is 1. The van der Waals surface area contributed by atoms with E-state index >= 15 is 0 Å². The molecule has 0 saturated heterocycles. The van der Waals surface area contributed by atoms with E-state index in [4.69, 9.17) is 5.73 Å². The molecule has 20 heavy (non-hydrogen) atoms. The molecule has 0 saturated carbocycles. The minimum Gasteiger partial charge on any atom is -0.465 e. The number of aromatic nitrogens is 1. The fourth-order valence-corrected chi connectivity index (χ4v) is 1.93. The molecule has 0 fully saturated rings. The van der Waals surface area contributed by atoms with Crippen LogP contribution in [0.15, 0.2) is 34.9 Å². The van der Waals surface area contributed by atoms with Crippen molar-refractivity contribution in [3.05, 3.63) is 46.3 Å². The highest BCUT2D eigenvalue weighted by Gasteiger charge is 2.15. The van der Waals surface area contributed by atoms with Crippen molar-refractivity contribution in [2.45, 2.75) is 0 Å². The van der Waals surface area contributed by atoms with Crippen molar-refractivity contribution in [3.8, 4) is 0 Å². The van der Waals surface area contributed by atoms with Crippen LogP contribution in [-0.4, -0.2) is 18.1 Å². The Hall–Kier alpha value is -2.15. The summed E-state index contributed by atoms with van der Waals surface area (Å²) in [6, 6.07) is 5.81. The lowest BCUT2D eigenvalue weighted by molar-refractivity contribution is 0.0601. The lowest BCUT2D eigenvalue weighted by Gasteiger charge is -2.11. The highest BCUT2D eigenvalue weighted by molar-refractivity contribution is 9.10. The van der Waals surface area contributed by atoms with Crippen LogP contribution in [0.2, 0.25) is 0 Å². The van der Waals surface area contributed by atoms with Gasteiger partial charge in [0.25, 0.3) is 0 Å². The van der Waals surface area contributed by atoms with Gasteiger partial charge in [-0.25, -0.2) is 14.2 Å². The van der Waals surface area contributed by atoms with Gasteiger partial charge in [-0.1, -0.05) is 15.9 Å².